The second kappa shape index (κ2) is 7.66. The number of alkyl halides is 1. The third kappa shape index (κ3) is 4.51. The number of hydrogen-bond acceptors (Lipinski definition) is 2. The number of rotatable bonds is 6. The van der Waals surface area contributed by atoms with Gasteiger partial charge in [-0.2, -0.15) is 5.26 Å². The van der Waals surface area contributed by atoms with Gasteiger partial charge in [-0.1, -0.05) is 29.8 Å². The molecule has 1 rings (SSSR count). The van der Waals surface area contributed by atoms with Crippen molar-refractivity contribution in [2.75, 3.05) is 18.0 Å². The molecule has 2 nitrogen and oxygen atoms in total. The molecule has 1 aromatic carbocycles. The third-order valence-corrected chi connectivity index (χ3v) is 3.39. The second-order valence-electron chi connectivity index (χ2n) is 4.65. The summed E-state index contributed by atoms with van der Waals surface area (Å²) in [6.07, 6.45) is 0.532. The van der Waals surface area contributed by atoms with Gasteiger partial charge in [0.2, 0.25) is 0 Å². The summed E-state index contributed by atoms with van der Waals surface area (Å²) in [5.41, 5.74) is 2.24. The standard InChI is InChI=1S/C14H18BrClN2/c1-11(2)10-18(7-3-6-17)14-5-4-13(15)8-12(14)9-16/h4-5,8,11H,3,7,9-10H2,1-2H3. The topological polar surface area (TPSA) is 27.0 Å². The Kier molecular flexibility index (Phi) is 6.52. The minimum absolute atomic E-state index is 0.482. The van der Waals surface area contributed by atoms with Gasteiger partial charge in [0.1, 0.15) is 0 Å². The lowest BCUT2D eigenvalue weighted by atomic mass is 10.1. The van der Waals surface area contributed by atoms with E-state index in [4.69, 9.17) is 16.9 Å². The molecule has 0 spiro atoms. The summed E-state index contributed by atoms with van der Waals surface area (Å²) >= 11 is 9.47. The number of nitrogens with zero attached hydrogens (tertiary/aromatic N) is 2. The first kappa shape index (κ1) is 15.3. The van der Waals surface area contributed by atoms with Gasteiger partial charge in [-0.3, -0.25) is 0 Å². The Hall–Kier alpha value is -0.720. The van der Waals surface area contributed by atoms with E-state index in [0.29, 0.717) is 18.2 Å². The zero-order chi connectivity index (χ0) is 13.5. The van der Waals surface area contributed by atoms with Crippen LogP contribution in [0, 0.1) is 17.2 Å². The van der Waals surface area contributed by atoms with E-state index < -0.39 is 0 Å². The third-order valence-electron chi connectivity index (χ3n) is 2.61. The van der Waals surface area contributed by atoms with Crippen LogP contribution in [0.3, 0.4) is 0 Å². The zero-order valence-corrected chi connectivity index (χ0v) is 13.1. The number of nitriles is 1. The van der Waals surface area contributed by atoms with Crippen molar-refractivity contribution in [3.05, 3.63) is 28.2 Å². The van der Waals surface area contributed by atoms with E-state index in [1.54, 1.807) is 0 Å². The molecule has 0 aliphatic heterocycles. The summed E-state index contributed by atoms with van der Waals surface area (Å²) in [7, 11) is 0. The Bertz CT molecular complexity index is 426. The average Bonchev–Trinajstić information content (AvgIpc) is 2.34. The van der Waals surface area contributed by atoms with Crippen molar-refractivity contribution in [3.8, 4) is 6.07 Å². The van der Waals surface area contributed by atoms with Crippen LogP contribution in [0.1, 0.15) is 25.8 Å². The molecule has 0 aromatic heterocycles. The van der Waals surface area contributed by atoms with Gasteiger partial charge in [-0.15, -0.1) is 11.6 Å². The SMILES string of the molecule is CC(C)CN(CCC#N)c1ccc(Br)cc1CCl. The number of halogens is 2. The molecule has 0 atom stereocenters. The Morgan fingerprint density at radius 1 is 1.44 bits per heavy atom. The summed E-state index contributed by atoms with van der Waals surface area (Å²) in [6, 6.07) is 8.34. The fraction of sp³-hybridized carbons (Fsp3) is 0.500. The van der Waals surface area contributed by atoms with Crippen LogP contribution >= 0.6 is 27.5 Å². The van der Waals surface area contributed by atoms with Gasteiger partial charge in [-0.25, -0.2) is 0 Å². The maximum atomic E-state index is 8.76. The van der Waals surface area contributed by atoms with Crippen molar-refractivity contribution < 1.29 is 0 Å². The van der Waals surface area contributed by atoms with Crippen LogP contribution in [-0.4, -0.2) is 13.1 Å². The van der Waals surface area contributed by atoms with Crippen LogP contribution in [0.15, 0.2) is 22.7 Å². The van der Waals surface area contributed by atoms with Gasteiger partial charge in [0.05, 0.1) is 12.5 Å². The van der Waals surface area contributed by atoms with Crippen molar-refractivity contribution in [3.63, 3.8) is 0 Å². The Balaban J connectivity index is 2.99. The highest BCUT2D eigenvalue weighted by molar-refractivity contribution is 9.10. The Morgan fingerprint density at radius 2 is 2.17 bits per heavy atom. The molecule has 0 saturated carbocycles. The van der Waals surface area contributed by atoms with Crippen molar-refractivity contribution in [1.82, 2.24) is 0 Å². The minimum atomic E-state index is 0.482. The lowest BCUT2D eigenvalue weighted by Gasteiger charge is -2.28. The van der Waals surface area contributed by atoms with E-state index in [-0.39, 0.29) is 0 Å². The molecule has 0 amide bonds. The van der Waals surface area contributed by atoms with E-state index in [0.717, 1.165) is 28.8 Å². The van der Waals surface area contributed by atoms with Crippen LogP contribution in [0.2, 0.25) is 0 Å². The van der Waals surface area contributed by atoms with Crippen molar-refractivity contribution in [2.45, 2.75) is 26.1 Å². The van der Waals surface area contributed by atoms with Crippen LogP contribution in [-0.2, 0) is 5.88 Å². The van der Waals surface area contributed by atoms with Gasteiger partial charge in [0, 0.05) is 29.1 Å². The highest BCUT2D eigenvalue weighted by atomic mass is 79.9. The summed E-state index contributed by atoms with van der Waals surface area (Å²) in [4.78, 5) is 2.25. The second-order valence-corrected chi connectivity index (χ2v) is 5.84. The molecule has 4 heteroatoms. The van der Waals surface area contributed by atoms with Gasteiger partial charge < -0.3 is 4.90 Å². The predicted octanol–water partition coefficient (Wildman–Crippen LogP) is 4.56. The molecule has 18 heavy (non-hydrogen) atoms. The predicted molar refractivity (Wildman–Crippen MR) is 81.0 cm³/mol. The fourth-order valence-electron chi connectivity index (χ4n) is 1.91. The van der Waals surface area contributed by atoms with E-state index >= 15 is 0 Å². The highest BCUT2D eigenvalue weighted by Gasteiger charge is 2.12. The first-order valence-corrected chi connectivity index (χ1v) is 7.37. The van der Waals surface area contributed by atoms with E-state index in [9.17, 15) is 0 Å². The first-order chi connectivity index (χ1) is 8.58. The monoisotopic (exact) mass is 328 g/mol. The summed E-state index contributed by atoms with van der Waals surface area (Å²) in [6.45, 7) is 6.05. The normalized spacial score (nSPS) is 10.4. The number of hydrogen-bond donors (Lipinski definition) is 0. The molecule has 0 unspecified atom stereocenters. The molecule has 1 aromatic rings. The van der Waals surface area contributed by atoms with E-state index in [1.165, 1.54) is 0 Å². The molecule has 0 aliphatic rings. The van der Waals surface area contributed by atoms with Crippen molar-refractivity contribution in [2.24, 2.45) is 5.92 Å². The molecular formula is C14H18BrClN2. The maximum absolute atomic E-state index is 8.76. The quantitative estimate of drug-likeness (QED) is 0.715. The maximum Gasteiger partial charge on any atom is 0.0640 e. The highest BCUT2D eigenvalue weighted by Crippen LogP contribution is 2.27. The lowest BCUT2D eigenvalue weighted by molar-refractivity contribution is 0.611. The van der Waals surface area contributed by atoms with Gasteiger partial charge >= 0.3 is 0 Å². The summed E-state index contributed by atoms with van der Waals surface area (Å²) < 4.78 is 1.03. The smallest absolute Gasteiger partial charge is 0.0640 e. The van der Waals surface area contributed by atoms with Crippen molar-refractivity contribution >= 4 is 33.2 Å². The molecule has 98 valence electrons. The molecule has 0 fully saturated rings. The summed E-state index contributed by atoms with van der Waals surface area (Å²) in [5.74, 6) is 1.03. The van der Waals surface area contributed by atoms with Gasteiger partial charge in [0.25, 0.3) is 0 Å². The first-order valence-electron chi connectivity index (χ1n) is 6.04. The molecule has 0 saturated heterocycles. The van der Waals surface area contributed by atoms with Gasteiger partial charge in [0.15, 0.2) is 0 Å². The largest absolute Gasteiger partial charge is 0.370 e. The molecule has 0 bridgehead atoms. The number of benzene rings is 1. The van der Waals surface area contributed by atoms with Crippen LogP contribution in [0.5, 0.6) is 0 Å². The summed E-state index contributed by atoms with van der Waals surface area (Å²) in [5, 5.41) is 8.76. The molecule has 0 aliphatic carbocycles. The van der Waals surface area contributed by atoms with E-state index in [2.05, 4.69) is 46.8 Å². The zero-order valence-electron chi connectivity index (χ0n) is 10.8. The Morgan fingerprint density at radius 3 is 2.72 bits per heavy atom. The lowest BCUT2D eigenvalue weighted by Crippen LogP contribution is -2.29. The minimum Gasteiger partial charge on any atom is -0.370 e. The van der Waals surface area contributed by atoms with Crippen LogP contribution < -0.4 is 4.90 Å². The van der Waals surface area contributed by atoms with E-state index in [1.807, 2.05) is 12.1 Å². The van der Waals surface area contributed by atoms with Gasteiger partial charge in [-0.05, 0) is 29.7 Å². The average molecular weight is 330 g/mol. The van der Waals surface area contributed by atoms with Crippen molar-refractivity contribution in [1.29, 1.82) is 5.26 Å². The number of anilines is 1. The van der Waals surface area contributed by atoms with Crippen LogP contribution in [0.4, 0.5) is 5.69 Å². The molecule has 0 radical (unpaired) electrons. The molecule has 0 heterocycles. The molecular weight excluding hydrogens is 312 g/mol. The molecule has 0 N–H and O–H groups in total. The fourth-order valence-corrected chi connectivity index (χ4v) is 2.53. The van der Waals surface area contributed by atoms with Crippen LogP contribution in [0.25, 0.3) is 0 Å². The Labute approximate surface area is 123 Å².